The van der Waals surface area contributed by atoms with Gasteiger partial charge in [0.05, 0.1) is 5.92 Å². The molecule has 1 aliphatic heterocycles. The quantitative estimate of drug-likeness (QED) is 0.613. The lowest BCUT2D eigenvalue weighted by Gasteiger charge is -2.08. The summed E-state index contributed by atoms with van der Waals surface area (Å²) in [4.78, 5) is 10.6. The van der Waals surface area contributed by atoms with E-state index >= 15 is 0 Å². The van der Waals surface area contributed by atoms with Crippen LogP contribution >= 0.6 is 12.4 Å². The molecule has 0 spiro atoms. The summed E-state index contributed by atoms with van der Waals surface area (Å²) in [5.41, 5.74) is 0. The topological polar surface area (TPSA) is 49.3 Å². The van der Waals surface area contributed by atoms with Crippen LogP contribution < -0.4 is 5.32 Å². The predicted molar refractivity (Wildman–Crippen MR) is 42.9 cm³/mol. The van der Waals surface area contributed by atoms with Crippen molar-refractivity contribution in [3.05, 3.63) is 0 Å². The van der Waals surface area contributed by atoms with Crippen molar-refractivity contribution >= 4 is 18.4 Å². The van der Waals surface area contributed by atoms with Crippen LogP contribution in [0.25, 0.3) is 0 Å². The fourth-order valence-electron chi connectivity index (χ4n) is 2.22. The number of aliphatic carboxylic acids is 1. The number of hydrogen-bond acceptors (Lipinski definition) is 2. The number of fused-ring (bicyclic) bond motifs is 2. The molecule has 1 aliphatic carbocycles. The van der Waals surface area contributed by atoms with Gasteiger partial charge in [0.15, 0.2) is 0 Å². The van der Waals surface area contributed by atoms with E-state index in [2.05, 4.69) is 5.32 Å². The SMILES string of the molecule is Cl.O=C(O)C1C2CCC1NC2. The molecule has 2 rings (SSSR count). The van der Waals surface area contributed by atoms with Gasteiger partial charge in [-0.15, -0.1) is 12.4 Å². The van der Waals surface area contributed by atoms with E-state index in [1.807, 2.05) is 0 Å². The number of carbonyl (C=O) groups is 1. The van der Waals surface area contributed by atoms with Crippen LogP contribution in [0.5, 0.6) is 0 Å². The Kier molecular flexibility index (Phi) is 2.40. The molecule has 3 atom stereocenters. The number of carboxylic acids is 1. The first-order valence-electron chi connectivity index (χ1n) is 3.75. The highest BCUT2D eigenvalue weighted by Gasteiger charge is 2.45. The first-order chi connectivity index (χ1) is 4.79. The zero-order chi connectivity index (χ0) is 7.14. The van der Waals surface area contributed by atoms with Gasteiger partial charge in [-0.05, 0) is 25.3 Å². The van der Waals surface area contributed by atoms with Gasteiger partial charge >= 0.3 is 5.97 Å². The highest BCUT2D eigenvalue weighted by molar-refractivity contribution is 5.85. The van der Waals surface area contributed by atoms with Gasteiger partial charge in [-0.2, -0.15) is 0 Å². The summed E-state index contributed by atoms with van der Waals surface area (Å²) in [7, 11) is 0. The maximum absolute atomic E-state index is 10.6. The Morgan fingerprint density at radius 2 is 2.18 bits per heavy atom. The molecule has 0 amide bonds. The van der Waals surface area contributed by atoms with Gasteiger partial charge in [-0.1, -0.05) is 0 Å². The summed E-state index contributed by atoms with van der Waals surface area (Å²) >= 11 is 0. The highest BCUT2D eigenvalue weighted by Crippen LogP contribution is 2.36. The van der Waals surface area contributed by atoms with E-state index in [1.165, 1.54) is 0 Å². The molecular weight excluding hydrogens is 166 g/mol. The summed E-state index contributed by atoms with van der Waals surface area (Å²) in [6.45, 7) is 0.918. The van der Waals surface area contributed by atoms with E-state index in [9.17, 15) is 4.79 Å². The largest absolute Gasteiger partial charge is 0.481 e. The molecule has 0 aromatic heterocycles. The van der Waals surface area contributed by atoms with E-state index in [0.29, 0.717) is 5.92 Å². The van der Waals surface area contributed by atoms with Crippen molar-refractivity contribution in [3.8, 4) is 0 Å². The van der Waals surface area contributed by atoms with Crippen molar-refractivity contribution in [3.63, 3.8) is 0 Å². The molecule has 1 saturated carbocycles. The molecule has 0 radical (unpaired) electrons. The molecule has 4 heteroatoms. The van der Waals surface area contributed by atoms with Crippen LogP contribution in [0.15, 0.2) is 0 Å². The maximum Gasteiger partial charge on any atom is 0.308 e. The van der Waals surface area contributed by atoms with Gasteiger partial charge in [0, 0.05) is 6.04 Å². The summed E-state index contributed by atoms with van der Waals surface area (Å²) in [5.74, 6) is -0.278. The van der Waals surface area contributed by atoms with Gasteiger partial charge in [-0.25, -0.2) is 0 Å². The van der Waals surface area contributed by atoms with Crippen molar-refractivity contribution < 1.29 is 9.90 Å². The summed E-state index contributed by atoms with van der Waals surface area (Å²) < 4.78 is 0. The number of halogens is 1. The van der Waals surface area contributed by atoms with Gasteiger partial charge in [0.1, 0.15) is 0 Å². The Morgan fingerprint density at radius 1 is 1.45 bits per heavy atom. The summed E-state index contributed by atoms with van der Waals surface area (Å²) in [6.07, 6.45) is 2.16. The van der Waals surface area contributed by atoms with Crippen LogP contribution in [0.2, 0.25) is 0 Å². The number of hydrogen-bond donors (Lipinski definition) is 2. The first-order valence-corrected chi connectivity index (χ1v) is 3.75. The normalized spacial score (nSPS) is 40.2. The lowest BCUT2D eigenvalue weighted by molar-refractivity contribution is -0.142. The fourth-order valence-corrected chi connectivity index (χ4v) is 2.22. The molecule has 2 aliphatic rings. The average Bonchev–Trinajstić information content (AvgIpc) is 2.43. The maximum atomic E-state index is 10.6. The van der Waals surface area contributed by atoms with Crippen LogP contribution in [-0.4, -0.2) is 23.7 Å². The number of piperidine rings is 1. The molecule has 11 heavy (non-hydrogen) atoms. The third kappa shape index (κ3) is 1.23. The van der Waals surface area contributed by atoms with Crippen molar-refractivity contribution in [2.75, 3.05) is 6.54 Å². The van der Waals surface area contributed by atoms with E-state index in [0.717, 1.165) is 19.4 Å². The molecule has 2 fully saturated rings. The molecule has 2 N–H and O–H groups in total. The molecule has 3 unspecified atom stereocenters. The zero-order valence-corrected chi connectivity index (χ0v) is 6.93. The van der Waals surface area contributed by atoms with Crippen LogP contribution in [0.1, 0.15) is 12.8 Å². The lowest BCUT2D eigenvalue weighted by Crippen LogP contribution is -2.28. The predicted octanol–water partition coefficient (Wildman–Crippen LogP) is 0.491. The van der Waals surface area contributed by atoms with Gasteiger partial charge in [-0.3, -0.25) is 4.79 Å². The minimum absolute atomic E-state index is 0. The molecular formula is C7H12ClNO2. The Morgan fingerprint density at radius 3 is 2.36 bits per heavy atom. The molecule has 64 valence electrons. The van der Waals surface area contributed by atoms with Gasteiger partial charge in [0.25, 0.3) is 0 Å². The van der Waals surface area contributed by atoms with Crippen molar-refractivity contribution in [2.24, 2.45) is 11.8 Å². The molecule has 3 nitrogen and oxygen atoms in total. The molecule has 0 aromatic carbocycles. The smallest absolute Gasteiger partial charge is 0.308 e. The average molecular weight is 178 g/mol. The minimum Gasteiger partial charge on any atom is -0.481 e. The van der Waals surface area contributed by atoms with Crippen LogP contribution in [0.3, 0.4) is 0 Å². The fraction of sp³-hybridized carbons (Fsp3) is 0.857. The Hall–Kier alpha value is -0.280. The third-order valence-electron chi connectivity index (χ3n) is 2.72. The van der Waals surface area contributed by atoms with Crippen LogP contribution in [0, 0.1) is 11.8 Å². The van der Waals surface area contributed by atoms with E-state index in [4.69, 9.17) is 5.11 Å². The molecule has 1 heterocycles. The third-order valence-corrected chi connectivity index (χ3v) is 2.72. The standard InChI is InChI=1S/C7H11NO2.ClH/c9-7(10)6-4-1-2-5(6)8-3-4;/h4-6,8H,1-3H2,(H,9,10);1H. The van der Waals surface area contributed by atoms with E-state index in [1.54, 1.807) is 0 Å². The van der Waals surface area contributed by atoms with Gasteiger partial charge < -0.3 is 10.4 Å². The van der Waals surface area contributed by atoms with Crippen molar-refractivity contribution in [1.29, 1.82) is 0 Å². The zero-order valence-electron chi connectivity index (χ0n) is 6.12. The molecule has 0 aromatic rings. The van der Waals surface area contributed by atoms with Crippen molar-refractivity contribution in [1.82, 2.24) is 5.32 Å². The summed E-state index contributed by atoms with van der Waals surface area (Å²) in [6, 6.07) is 0.280. The van der Waals surface area contributed by atoms with Crippen LogP contribution in [0.4, 0.5) is 0 Å². The van der Waals surface area contributed by atoms with Crippen molar-refractivity contribution in [2.45, 2.75) is 18.9 Å². The second kappa shape index (κ2) is 2.99. The van der Waals surface area contributed by atoms with Gasteiger partial charge in [0.2, 0.25) is 0 Å². The minimum atomic E-state index is -0.613. The lowest BCUT2D eigenvalue weighted by atomic mass is 9.99. The monoisotopic (exact) mass is 177 g/mol. The van der Waals surface area contributed by atoms with E-state index in [-0.39, 0.29) is 24.4 Å². The second-order valence-corrected chi connectivity index (χ2v) is 3.22. The number of rotatable bonds is 1. The highest BCUT2D eigenvalue weighted by atomic mass is 35.5. The first kappa shape index (κ1) is 8.81. The number of carboxylic acid groups (broad SMARTS) is 1. The van der Waals surface area contributed by atoms with E-state index < -0.39 is 5.97 Å². The Bertz CT molecular complexity index is 154. The number of nitrogens with one attached hydrogen (secondary N) is 1. The summed E-state index contributed by atoms with van der Waals surface area (Å²) in [5, 5.41) is 12.0. The molecule has 1 saturated heterocycles. The molecule has 2 bridgehead atoms. The second-order valence-electron chi connectivity index (χ2n) is 3.22. The Labute approximate surface area is 71.6 Å². The van der Waals surface area contributed by atoms with Crippen LogP contribution in [-0.2, 0) is 4.79 Å². The Balaban J connectivity index is 0.000000605.